The van der Waals surface area contributed by atoms with Gasteiger partial charge in [0.15, 0.2) is 11.5 Å². The van der Waals surface area contributed by atoms with Crippen LogP contribution in [0.25, 0.3) is 0 Å². The Kier molecular flexibility index (Phi) is 5.98. The second kappa shape index (κ2) is 7.78. The molecule has 0 fully saturated rings. The molecule has 0 amide bonds. The zero-order valence-corrected chi connectivity index (χ0v) is 15.0. The Bertz CT molecular complexity index is 646. The maximum atomic E-state index is 12.7. The molecule has 0 radical (unpaired) electrons. The summed E-state index contributed by atoms with van der Waals surface area (Å²) in [7, 11) is 0. The molecule has 130 valence electrons. The molecule has 1 unspecified atom stereocenters. The molecule has 0 aromatic rings. The Hall–Kier alpha value is -1.90. The standard InChI is InChI=1S/C21H28O3/c1-5-6-7-8-15-12-18(22)19(21(24)20(15)23)17-11-14(4)9-10-16(17)13(2)3/h11-12,16-17,24H,2,5-10H2,1,3-4H3/t16?,17-/m1/s1. The molecular weight excluding hydrogens is 300 g/mol. The predicted octanol–water partition coefficient (Wildman–Crippen LogP) is 5.01. The molecule has 0 aromatic heterocycles. The molecule has 0 aliphatic heterocycles. The summed E-state index contributed by atoms with van der Waals surface area (Å²) in [6, 6.07) is 0. The number of hydrogen-bond donors (Lipinski definition) is 1. The van der Waals surface area contributed by atoms with Gasteiger partial charge in [0.2, 0.25) is 5.78 Å². The Labute approximate surface area is 144 Å². The van der Waals surface area contributed by atoms with Gasteiger partial charge in [0.25, 0.3) is 0 Å². The number of aliphatic hydroxyl groups is 1. The fourth-order valence-electron chi connectivity index (χ4n) is 3.67. The number of allylic oxidation sites excluding steroid dienone is 6. The van der Waals surface area contributed by atoms with Crippen molar-refractivity contribution in [2.75, 3.05) is 0 Å². The average molecular weight is 328 g/mol. The zero-order valence-electron chi connectivity index (χ0n) is 15.0. The fraction of sp³-hybridized carbons (Fsp3) is 0.524. The Balaban J connectivity index is 2.33. The lowest BCUT2D eigenvalue weighted by Crippen LogP contribution is -2.29. The number of hydrogen-bond acceptors (Lipinski definition) is 3. The lowest BCUT2D eigenvalue weighted by Gasteiger charge is -2.32. The van der Waals surface area contributed by atoms with E-state index in [-0.39, 0.29) is 34.7 Å². The molecule has 0 bridgehead atoms. The third-order valence-corrected chi connectivity index (χ3v) is 5.10. The predicted molar refractivity (Wildman–Crippen MR) is 96.7 cm³/mol. The summed E-state index contributed by atoms with van der Waals surface area (Å²) in [5, 5.41) is 10.5. The van der Waals surface area contributed by atoms with Gasteiger partial charge in [-0.1, -0.05) is 43.6 Å². The van der Waals surface area contributed by atoms with Crippen molar-refractivity contribution in [2.45, 2.75) is 59.3 Å². The van der Waals surface area contributed by atoms with E-state index < -0.39 is 0 Å². The van der Waals surface area contributed by atoms with E-state index in [1.807, 2.05) is 19.9 Å². The van der Waals surface area contributed by atoms with Crippen LogP contribution >= 0.6 is 0 Å². The van der Waals surface area contributed by atoms with Crippen LogP contribution in [0.2, 0.25) is 0 Å². The van der Waals surface area contributed by atoms with Crippen LogP contribution in [0.1, 0.15) is 59.3 Å². The highest BCUT2D eigenvalue weighted by atomic mass is 16.3. The quantitative estimate of drug-likeness (QED) is 0.424. The van der Waals surface area contributed by atoms with Crippen molar-refractivity contribution in [3.63, 3.8) is 0 Å². The maximum absolute atomic E-state index is 12.7. The van der Waals surface area contributed by atoms with Crippen LogP contribution in [-0.4, -0.2) is 16.7 Å². The van der Waals surface area contributed by atoms with Crippen molar-refractivity contribution in [3.05, 3.63) is 46.8 Å². The third kappa shape index (κ3) is 3.77. The largest absolute Gasteiger partial charge is 0.504 e. The van der Waals surface area contributed by atoms with Crippen LogP contribution < -0.4 is 0 Å². The van der Waals surface area contributed by atoms with Gasteiger partial charge in [-0.2, -0.15) is 0 Å². The van der Waals surface area contributed by atoms with E-state index >= 15 is 0 Å². The first-order valence-electron chi connectivity index (χ1n) is 8.92. The van der Waals surface area contributed by atoms with Gasteiger partial charge in [-0.3, -0.25) is 9.59 Å². The molecule has 3 heteroatoms. The molecule has 0 spiro atoms. The minimum Gasteiger partial charge on any atom is -0.504 e. The van der Waals surface area contributed by atoms with E-state index in [0.717, 1.165) is 37.7 Å². The molecule has 2 aliphatic carbocycles. The Morgan fingerprint density at radius 2 is 2.04 bits per heavy atom. The van der Waals surface area contributed by atoms with Gasteiger partial charge in [0.1, 0.15) is 0 Å². The maximum Gasteiger partial charge on any atom is 0.223 e. The van der Waals surface area contributed by atoms with Crippen molar-refractivity contribution in [3.8, 4) is 0 Å². The molecule has 24 heavy (non-hydrogen) atoms. The van der Waals surface area contributed by atoms with E-state index in [0.29, 0.717) is 12.0 Å². The van der Waals surface area contributed by atoms with Gasteiger partial charge >= 0.3 is 0 Å². The van der Waals surface area contributed by atoms with Crippen molar-refractivity contribution in [2.24, 2.45) is 11.8 Å². The minimum absolute atomic E-state index is 0.0950. The van der Waals surface area contributed by atoms with Crippen molar-refractivity contribution >= 4 is 11.6 Å². The second-order valence-electron chi connectivity index (χ2n) is 7.11. The van der Waals surface area contributed by atoms with Crippen LogP contribution in [0.3, 0.4) is 0 Å². The van der Waals surface area contributed by atoms with Gasteiger partial charge in [0, 0.05) is 11.5 Å². The number of aliphatic hydroxyl groups excluding tert-OH is 1. The molecule has 0 saturated heterocycles. The van der Waals surface area contributed by atoms with Crippen LogP contribution in [0.5, 0.6) is 0 Å². The van der Waals surface area contributed by atoms with E-state index in [4.69, 9.17) is 0 Å². The van der Waals surface area contributed by atoms with Crippen LogP contribution in [0, 0.1) is 11.8 Å². The summed E-state index contributed by atoms with van der Waals surface area (Å²) < 4.78 is 0. The smallest absolute Gasteiger partial charge is 0.223 e. The SMILES string of the molecule is C=C(C)C1CCC(C)=C[C@H]1C1=C(O)C(=O)C(CCCCC)=CC1=O. The lowest BCUT2D eigenvalue weighted by atomic mass is 9.71. The number of unbranched alkanes of at least 4 members (excludes halogenated alkanes) is 2. The Morgan fingerprint density at radius 1 is 1.33 bits per heavy atom. The highest BCUT2D eigenvalue weighted by Crippen LogP contribution is 2.40. The second-order valence-corrected chi connectivity index (χ2v) is 7.11. The highest BCUT2D eigenvalue weighted by molar-refractivity contribution is 6.22. The van der Waals surface area contributed by atoms with Crippen molar-refractivity contribution < 1.29 is 14.7 Å². The highest BCUT2D eigenvalue weighted by Gasteiger charge is 2.37. The van der Waals surface area contributed by atoms with Crippen LogP contribution in [0.15, 0.2) is 46.8 Å². The zero-order chi connectivity index (χ0) is 17.9. The van der Waals surface area contributed by atoms with Gasteiger partial charge in [0.05, 0.1) is 5.57 Å². The minimum atomic E-state index is -0.377. The number of carbonyl (C=O) groups is 2. The number of carbonyl (C=O) groups excluding carboxylic acids is 2. The number of Topliss-reactive ketones (excluding diaryl/α,β-unsaturated/α-hetero) is 1. The topological polar surface area (TPSA) is 54.4 Å². The molecule has 2 aliphatic rings. The summed E-state index contributed by atoms with van der Waals surface area (Å²) in [6.45, 7) is 10.1. The summed E-state index contributed by atoms with van der Waals surface area (Å²) in [5.74, 6) is -1.10. The lowest BCUT2D eigenvalue weighted by molar-refractivity contribution is -0.118. The molecule has 3 nitrogen and oxygen atoms in total. The average Bonchev–Trinajstić information content (AvgIpc) is 2.52. The summed E-state index contributed by atoms with van der Waals surface area (Å²) >= 11 is 0. The van der Waals surface area contributed by atoms with E-state index in [1.54, 1.807) is 0 Å². The first-order valence-corrected chi connectivity index (χ1v) is 8.92. The Morgan fingerprint density at radius 3 is 2.67 bits per heavy atom. The third-order valence-electron chi connectivity index (χ3n) is 5.10. The van der Waals surface area contributed by atoms with Gasteiger partial charge in [-0.15, -0.1) is 0 Å². The van der Waals surface area contributed by atoms with Crippen molar-refractivity contribution in [1.29, 1.82) is 0 Å². The van der Waals surface area contributed by atoms with E-state index in [2.05, 4.69) is 13.5 Å². The number of ketones is 2. The monoisotopic (exact) mass is 328 g/mol. The van der Waals surface area contributed by atoms with E-state index in [9.17, 15) is 14.7 Å². The molecule has 0 heterocycles. The molecule has 0 aromatic carbocycles. The van der Waals surface area contributed by atoms with Gasteiger partial charge < -0.3 is 5.11 Å². The van der Waals surface area contributed by atoms with E-state index in [1.165, 1.54) is 11.6 Å². The fourth-order valence-corrected chi connectivity index (χ4v) is 3.67. The number of rotatable bonds is 6. The molecule has 0 saturated carbocycles. The van der Waals surface area contributed by atoms with Gasteiger partial charge in [-0.05, 0) is 51.5 Å². The molecule has 2 atom stereocenters. The van der Waals surface area contributed by atoms with Gasteiger partial charge in [-0.25, -0.2) is 0 Å². The first-order chi connectivity index (χ1) is 11.4. The first kappa shape index (κ1) is 18.4. The molecular formula is C21H28O3. The summed E-state index contributed by atoms with van der Waals surface area (Å²) in [5.41, 5.74) is 2.88. The van der Waals surface area contributed by atoms with Crippen molar-refractivity contribution in [1.82, 2.24) is 0 Å². The molecule has 2 rings (SSSR count). The normalized spacial score (nSPS) is 24.8. The van der Waals surface area contributed by atoms with Crippen LogP contribution in [0.4, 0.5) is 0 Å². The summed E-state index contributed by atoms with van der Waals surface area (Å²) in [4.78, 5) is 25.2. The molecule has 1 N–H and O–H groups in total. The summed E-state index contributed by atoms with van der Waals surface area (Å²) in [6.07, 6.45) is 8.80. The van der Waals surface area contributed by atoms with Crippen LogP contribution in [-0.2, 0) is 9.59 Å².